The molecule has 0 radical (unpaired) electrons. The minimum atomic E-state index is -1.02. The Kier molecular flexibility index (Phi) is 4.82. The fraction of sp³-hybridized carbons (Fsp3) is 0. The Morgan fingerprint density at radius 1 is 1.20 bits per heavy atom. The van der Waals surface area contributed by atoms with Crippen molar-refractivity contribution in [3.63, 3.8) is 0 Å². The van der Waals surface area contributed by atoms with E-state index in [4.69, 9.17) is 5.11 Å². The van der Waals surface area contributed by atoms with Crippen LogP contribution in [-0.4, -0.2) is 14.9 Å². The molecular weight excluding hydrogens is 247 g/mol. The summed E-state index contributed by atoms with van der Waals surface area (Å²) in [5.74, 6) is -1.02. The van der Waals surface area contributed by atoms with Crippen molar-refractivity contribution in [2.45, 2.75) is 0 Å². The van der Waals surface area contributed by atoms with Crippen molar-refractivity contribution in [2.75, 3.05) is 0 Å². The number of aliphatic carboxylic acids is 1. The third-order valence-corrected chi connectivity index (χ3v) is 0.937. The molecule has 0 aromatic heterocycles. The molecule has 0 aliphatic rings. The van der Waals surface area contributed by atoms with Gasteiger partial charge in [-0.15, -0.1) is 0 Å². The molecule has 4 heteroatoms. The van der Waals surface area contributed by atoms with Crippen LogP contribution in [0.2, 0.25) is 0 Å². The second-order valence-corrected chi connectivity index (χ2v) is 2.42. The SMILES string of the molecule is O=C(O)/C=C\C=C/C(=O)I. The maximum Gasteiger partial charge on any atom is 0.328 e. The first-order chi connectivity index (χ1) is 4.63. The first-order valence-electron chi connectivity index (χ1n) is 2.40. The number of carbonyl (C=O) groups excluding carboxylic acids is 1. The van der Waals surface area contributed by atoms with E-state index in [0.717, 1.165) is 6.08 Å². The molecule has 0 fully saturated rings. The fourth-order valence-corrected chi connectivity index (χ4v) is 0.477. The van der Waals surface area contributed by atoms with Crippen molar-refractivity contribution in [1.82, 2.24) is 0 Å². The van der Waals surface area contributed by atoms with Gasteiger partial charge < -0.3 is 5.11 Å². The van der Waals surface area contributed by atoms with Crippen LogP contribution >= 0.6 is 22.6 Å². The van der Waals surface area contributed by atoms with Gasteiger partial charge in [0, 0.05) is 28.7 Å². The summed E-state index contributed by atoms with van der Waals surface area (Å²) < 4.78 is -0.132. The van der Waals surface area contributed by atoms with Crippen LogP contribution in [0, 0.1) is 0 Å². The second kappa shape index (κ2) is 5.16. The van der Waals surface area contributed by atoms with E-state index < -0.39 is 5.97 Å². The summed E-state index contributed by atoms with van der Waals surface area (Å²) in [4.78, 5) is 20.0. The number of allylic oxidation sites excluding steroid dienone is 3. The van der Waals surface area contributed by atoms with E-state index >= 15 is 0 Å². The largest absolute Gasteiger partial charge is 0.478 e. The zero-order valence-corrected chi connectivity index (χ0v) is 7.11. The molecule has 10 heavy (non-hydrogen) atoms. The van der Waals surface area contributed by atoms with Gasteiger partial charge in [0.2, 0.25) is 3.79 Å². The van der Waals surface area contributed by atoms with Crippen LogP contribution in [0.5, 0.6) is 0 Å². The predicted molar refractivity (Wildman–Crippen MR) is 44.9 cm³/mol. The molecule has 0 aliphatic heterocycles. The number of carboxylic acids is 1. The fourth-order valence-electron chi connectivity index (χ4n) is 0.269. The number of halogens is 1. The molecule has 0 rings (SSSR count). The molecule has 0 spiro atoms. The Morgan fingerprint density at radius 2 is 1.70 bits per heavy atom. The van der Waals surface area contributed by atoms with Crippen LogP contribution in [0.4, 0.5) is 0 Å². The first-order valence-corrected chi connectivity index (χ1v) is 3.48. The molecule has 0 bridgehead atoms. The molecule has 0 amide bonds. The molecule has 54 valence electrons. The van der Waals surface area contributed by atoms with Gasteiger partial charge in [-0.05, 0) is 6.08 Å². The zero-order valence-electron chi connectivity index (χ0n) is 4.95. The first kappa shape index (κ1) is 9.35. The van der Waals surface area contributed by atoms with Crippen molar-refractivity contribution in [2.24, 2.45) is 0 Å². The highest BCUT2D eigenvalue weighted by molar-refractivity contribution is 14.1. The molecule has 0 unspecified atom stereocenters. The molecule has 0 aromatic carbocycles. The third kappa shape index (κ3) is 7.35. The van der Waals surface area contributed by atoms with E-state index in [9.17, 15) is 9.59 Å². The highest BCUT2D eigenvalue weighted by Crippen LogP contribution is 1.87. The van der Waals surface area contributed by atoms with Crippen molar-refractivity contribution in [3.8, 4) is 0 Å². The van der Waals surface area contributed by atoms with Crippen molar-refractivity contribution < 1.29 is 14.7 Å². The maximum atomic E-state index is 10.2. The summed E-state index contributed by atoms with van der Waals surface area (Å²) in [6.45, 7) is 0. The van der Waals surface area contributed by atoms with Gasteiger partial charge in [-0.3, -0.25) is 4.79 Å². The molecular formula is C6H5IO3. The molecule has 0 saturated carbocycles. The van der Waals surface area contributed by atoms with Crippen LogP contribution in [0.1, 0.15) is 0 Å². The summed E-state index contributed by atoms with van der Waals surface area (Å²) in [6.07, 6.45) is 4.90. The smallest absolute Gasteiger partial charge is 0.328 e. The van der Waals surface area contributed by atoms with E-state index in [-0.39, 0.29) is 3.79 Å². The Hall–Kier alpha value is -0.650. The lowest BCUT2D eigenvalue weighted by Gasteiger charge is -1.74. The van der Waals surface area contributed by atoms with Crippen molar-refractivity contribution in [3.05, 3.63) is 24.3 Å². The Morgan fingerprint density at radius 3 is 2.10 bits per heavy atom. The van der Waals surface area contributed by atoms with Crippen molar-refractivity contribution in [1.29, 1.82) is 0 Å². The molecule has 0 aromatic rings. The van der Waals surface area contributed by atoms with Gasteiger partial charge in [0.1, 0.15) is 0 Å². The third-order valence-electron chi connectivity index (χ3n) is 0.577. The molecule has 3 nitrogen and oxygen atoms in total. The number of rotatable bonds is 3. The normalized spacial score (nSPS) is 10.9. The number of hydrogen-bond donors (Lipinski definition) is 1. The van der Waals surface area contributed by atoms with Gasteiger partial charge >= 0.3 is 5.97 Å². The van der Waals surface area contributed by atoms with Crippen LogP contribution in [-0.2, 0) is 9.59 Å². The van der Waals surface area contributed by atoms with Gasteiger partial charge in [-0.25, -0.2) is 4.79 Å². The Balaban J connectivity index is 3.73. The van der Waals surface area contributed by atoms with E-state index in [1.807, 2.05) is 0 Å². The number of carbonyl (C=O) groups is 2. The van der Waals surface area contributed by atoms with Gasteiger partial charge in [-0.1, -0.05) is 12.2 Å². The highest BCUT2D eigenvalue weighted by atomic mass is 127. The lowest BCUT2D eigenvalue weighted by atomic mass is 10.4. The van der Waals surface area contributed by atoms with E-state index in [2.05, 4.69) is 0 Å². The van der Waals surface area contributed by atoms with Crippen LogP contribution < -0.4 is 0 Å². The van der Waals surface area contributed by atoms with E-state index in [1.54, 1.807) is 22.6 Å². The van der Waals surface area contributed by atoms with E-state index in [1.165, 1.54) is 18.2 Å². The summed E-state index contributed by atoms with van der Waals surface area (Å²) in [6, 6.07) is 0. The van der Waals surface area contributed by atoms with E-state index in [0.29, 0.717) is 0 Å². The quantitative estimate of drug-likeness (QED) is 0.354. The van der Waals surface area contributed by atoms with Gasteiger partial charge in [0.25, 0.3) is 0 Å². The average Bonchev–Trinajstić information content (AvgIpc) is 1.79. The lowest BCUT2D eigenvalue weighted by molar-refractivity contribution is -0.131. The lowest BCUT2D eigenvalue weighted by Crippen LogP contribution is -1.84. The Labute approximate surface area is 71.6 Å². The highest BCUT2D eigenvalue weighted by Gasteiger charge is 1.82. The van der Waals surface area contributed by atoms with Crippen LogP contribution in [0.25, 0.3) is 0 Å². The second-order valence-electron chi connectivity index (χ2n) is 1.36. The average molecular weight is 252 g/mol. The summed E-state index contributed by atoms with van der Waals surface area (Å²) in [7, 11) is 0. The van der Waals surface area contributed by atoms with Crippen LogP contribution in [0.15, 0.2) is 24.3 Å². The number of carboxylic acid groups (broad SMARTS) is 1. The minimum Gasteiger partial charge on any atom is -0.478 e. The summed E-state index contributed by atoms with van der Waals surface area (Å²) >= 11 is 1.59. The van der Waals surface area contributed by atoms with Crippen LogP contribution in [0.3, 0.4) is 0 Å². The maximum absolute atomic E-state index is 10.2. The Bertz CT molecular complexity index is 171. The molecule has 0 heterocycles. The molecule has 1 N–H and O–H groups in total. The standard InChI is InChI=1S/C6H5IO3/c7-5(8)3-1-2-4-6(9)10/h1-4H,(H,9,10)/b3-1-,4-2-. The van der Waals surface area contributed by atoms with Gasteiger partial charge in [0.15, 0.2) is 0 Å². The minimum absolute atomic E-state index is 0.132. The van der Waals surface area contributed by atoms with Gasteiger partial charge in [-0.2, -0.15) is 0 Å². The molecule has 0 aliphatic carbocycles. The topological polar surface area (TPSA) is 54.4 Å². The van der Waals surface area contributed by atoms with Crippen molar-refractivity contribution >= 4 is 32.4 Å². The summed E-state index contributed by atoms with van der Waals surface area (Å²) in [5, 5.41) is 8.07. The molecule has 0 saturated heterocycles. The van der Waals surface area contributed by atoms with Gasteiger partial charge in [0.05, 0.1) is 0 Å². The number of hydrogen-bond acceptors (Lipinski definition) is 2. The monoisotopic (exact) mass is 252 g/mol. The zero-order chi connectivity index (χ0) is 7.98. The molecule has 0 atom stereocenters. The predicted octanol–water partition coefficient (Wildman–Crippen LogP) is 1.15. The summed E-state index contributed by atoms with van der Waals surface area (Å²) in [5.41, 5.74) is 0.